The average Bonchev–Trinajstić information content (AvgIpc) is 2.65. The van der Waals surface area contributed by atoms with Gasteiger partial charge in [0.1, 0.15) is 5.82 Å². The van der Waals surface area contributed by atoms with Gasteiger partial charge < -0.3 is 4.98 Å². The van der Waals surface area contributed by atoms with Crippen LogP contribution in [0.1, 0.15) is 19.2 Å². The van der Waals surface area contributed by atoms with Gasteiger partial charge in [0.25, 0.3) is 10.0 Å². The van der Waals surface area contributed by atoms with Crippen molar-refractivity contribution in [2.45, 2.75) is 30.5 Å². The number of hydrogen-bond acceptors (Lipinski definition) is 4. The number of imidazole rings is 1. The van der Waals surface area contributed by atoms with E-state index in [4.69, 9.17) is 0 Å². The van der Waals surface area contributed by atoms with Crippen LogP contribution in [0.2, 0.25) is 0 Å². The zero-order chi connectivity index (χ0) is 12.2. The Labute approximate surface area is 100 Å². The van der Waals surface area contributed by atoms with Crippen LogP contribution in [0.4, 0.5) is 0 Å². The minimum absolute atomic E-state index is 0.127. The minimum Gasteiger partial charge on any atom is -0.332 e. The second-order valence-corrected chi connectivity index (χ2v) is 6.58. The molecule has 0 saturated carbocycles. The first-order valence-electron chi connectivity index (χ1n) is 5.00. The lowest BCUT2D eigenvalue weighted by Gasteiger charge is -2.08. The van der Waals surface area contributed by atoms with E-state index in [9.17, 15) is 8.42 Å². The molecule has 0 bridgehead atoms. The third-order valence-corrected chi connectivity index (χ3v) is 4.63. The number of aryl methyl sites for hydroxylation is 1. The second kappa shape index (κ2) is 5.70. The Hall–Kier alpha value is -0.530. The summed E-state index contributed by atoms with van der Waals surface area (Å²) in [6, 6.07) is 0. The molecule has 0 aliphatic carbocycles. The van der Waals surface area contributed by atoms with Gasteiger partial charge in [0, 0.05) is 11.8 Å². The van der Waals surface area contributed by atoms with Crippen LogP contribution in [0.5, 0.6) is 0 Å². The lowest BCUT2D eigenvalue weighted by molar-refractivity contribution is 0.575. The maximum absolute atomic E-state index is 11.7. The molecule has 1 heterocycles. The Kier molecular flexibility index (Phi) is 4.82. The molecule has 1 unspecified atom stereocenters. The molecule has 0 fully saturated rings. The topological polar surface area (TPSA) is 74.8 Å². The second-order valence-electron chi connectivity index (χ2n) is 3.57. The first-order valence-corrected chi connectivity index (χ1v) is 7.77. The van der Waals surface area contributed by atoms with Gasteiger partial charge in [-0.15, -0.1) is 0 Å². The van der Waals surface area contributed by atoms with Crippen molar-refractivity contribution < 1.29 is 8.42 Å². The van der Waals surface area contributed by atoms with Crippen molar-refractivity contribution in [2.75, 3.05) is 12.8 Å². The Morgan fingerprint density at radius 3 is 2.81 bits per heavy atom. The Balaban J connectivity index is 2.53. The molecule has 0 aromatic carbocycles. The molecule has 1 aromatic rings. The van der Waals surface area contributed by atoms with E-state index < -0.39 is 10.0 Å². The van der Waals surface area contributed by atoms with Crippen molar-refractivity contribution in [3.8, 4) is 0 Å². The van der Waals surface area contributed by atoms with Gasteiger partial charge in [0.15, 0.2) is 5.03 Å². The van der Waals surface area contributed by atoms with Crippen LogP contribution in [0.15, 0.2) is 11.2 Å². The molecule has 0 aliphatic rings. The molecule has 92 valence electrons. The third-order valence-electron chi connectivity index (χ3n) is 2.21. The van der Waals surface area contributed by atoms with Crippen LogP contribution in [0.25, 0.3) is 0 Å². The van der Waals surface area contributed by atoms with Crippen LogP contribution in [0.3, 0.4) is 0 Å². The van der Waals surface area contributed by atoms with Crippen molar-refractivity contribution >= 4 is 21.8 Å². The zero-order valence-electron chi connectivity index (χ0n) is 9.65. The standard InChI is InChI=1S/C9H17N3O2S2/c1-7(15-3)4-5-11-16(13,14)9-6-10-8(2)12-9/h6-7,11H,4-5H2,1-3H3,(H,10,12). The fraction of sp³-hybridized carbons (Fsp3) is 0.667. The number of thioether (sulfide) groups is 1. The van der Waals surface area contributed by atoms with Crippen LogP contribution in [-0.2, 0) is 10.0 Å². The summed E-state index contributed by atoms with van der Waals surface area (Å²) < 4.78 is 26.0. The number of nitrogens with one attached hydrogen (secondary N) is 2. The zero-order valence-corrected chi connectivity index (χ0v) is 11.3. The predicted octanol–water partition coefficient (Wildman–Crippen LogP) is 1.14. The molecule has 16 heavy (non-hydrogen) atoms. The van der Waals surface area contributed by atoms with E-state index in [1.54, 1.807) is 18.7 Å². The van der Waals surface area contributed by atoms with Gasteiger partial charge >= 0.3 is 0 Å². The lowest BCUT2D eigenvalue weighted by atomic mass is 10.3. The highest BCUT2D eigenvalue weighted by atomic mass is 32.2. The summed E-state index contributed by atoms with van der Waals surface area (Å²) in [4.78, 5) is 6.57. The number of aromatic nitrogens is 2. The Morgan fingerprint density at radius 1 is 1.62 bits per heavy atom. The van der Waals surface area contributed by atoms with E-state index in [2.05, 4.69) is 21.6 Å². The molecule has 1 aromatic heterocycles. The number of hydrogen-bond donors (Lipinski definition) is 2. The third kappa shape index (κ3) is 3.80. The van der Waals surface area contributed by atoms with E-state index in [1.807, 2.05) is 6.26 Å². The molecule has 0 amide bonds. The monoisotopic (exact) mass is 263 g/mol. The summed E-state index contributed by atoms with van der Waals surface area (Å²) in [5.41, 5.74) is 0. The first kappa shape index (κ1) is 13.5. The molecule has 1 rings (SSSR count). The van der Waals surface area contributed by atoms with Crippen molar-refractivity contribution in [2.24, 2.45) is 0 Å². The van der Waals surface area contributed by atoms with Crippen LogP contribution in [-0.4, -0.2) is 36.4 Å². The molecular formula is C9H17N3O2S2. The summed E-state index contributed by atoms with van der Waals surface area (Å²) >= 11 is 1.72. The lowest BCUT2D eigenvalue weighted by Crippen LogP contribution is -2.26. The molecule has 0 radical (unpaired) electrons. The number of rotatable bonds is 6. The van der Waals surface area contributed by atoms with E-state index in [0.29, 0.717) is 17.6 Å². The number of sulfonamides is 1. The summed E-state index contributed by atoms with van der Waals surface area (Å²) in [5, 5.41) is 0.577. The Bertz CT molecular complexity index is 428. The van der Waals surface area contributed by atoms with Gasteiger partial charge in [-0.25, -0.2) is 18.1 Å². The van der Waals surface area contributed by atoms with Gasteiger partial charge in [0.05, 0.1) is 6.20 Å². The van der Waals surface area contributed by atoms with Crippen LogP contribution >= 0.6 is 11.8 Å². The SMILES string of the molecule is CSC(C)CCNS(=O)(=O)c1cnc(C)[nH]1. The van der Waals surface area contributed by atoms with Gasteiger partial charge in [0.2, 0.25) is 0 Å². The molecule has 1 atom stereocenters. The average molecular weight is 263 g/mol. The fourth-order valence-electron chi connectivity index (χ4n) is 1.13. The molecule has 0 spiro atoms. The normalized spacial score (nSPS) is 13.9. The van der Waals surface area contributed by atoms with E-state index >= 15 is 0 Å². The molecular weight excluding hydrogens is 246 g/mol. The Morgan fingerprint density at radius 2 is 2.31 bits per heavy atom. The fourth-order valence-corrected chi connectivity index (χ4v) is 2.50. The highest BCUT2D eigenvalue weighted by Crippen LogP contribution is 2.09. The number of aromatic amines is 1. The van der Waals surface area contributed by atoms with Crippen molar-refractivity contribution in [3.63, 3.8) is 0 Å². The highest BCUT2D eigenvalue weighted by molar-refractivity contribution is 7.99. The van der Waals surface area contributed by atoms with E-state index in [-0.39, 0.29) is 5.03 Å². The summed E-state index contributed by atoms with van der Waals surface area (Å²) in [5.74, 6) is 0.595. The summed E-state index contributed by atoms with van der Waals surface area (Å²) in [6.07, 6.45) is 4.15. The van der Waals surface area contributed by atoms with E-state index in [0.717, 1.165) is 6.42 Å². The van der Waals surface area contributed by atoms with Crippen molar-refractivity contribution in [3.05, 3.63) is 12.0 Å². The number of H-pyrrole nitrogens is 1. The molecule has 2 N–H and O–H groups in total. The van der Waals surface area contributed by atoms with Gasteiger partial charge in [-0.1, -0.05) is 6.92 Å². The van der Waals surface area contributed by atoms with Gasteiger partial charge in [-0.2, -0.15) is 11.8 Å². The van der Waals surface area contributed by atoms with Crippen LogP contribution < -0.4 is 4.72 Å². The van der Waals surface area contributed by atoms with Gasteiger partial charge in [-0.3, -0.25) is 0 Å². The van der Waals surface area contributed by atoms with Crippen LogP contribution in [0, 0.1) is 6.92 Å². The molecule has 5 nitrogen and oxygen atoms in total. The maximum Gasteiger partial charge on any atom is 0.257 e. The summed E-state index contributed by atoms with van der Waals surface area (Å²) in [6.45, 7) is 4.23. The maximum atomic E-state index is 11.7. The largest absolute Gasteiger partial charge is 0.332 e. The van der Waals surface area contributed by atoms with Crippen molar-refractivity contribution in [1.82, 2.24) is 14.7 Å². The van der Waals surface area contributed by atoms with Crippen molar-refractivity contribution in [1.29, 1.82) is 0 Å². The first-order chi connectivity index (χ1) is 7.45. The summed E-state index contributed by atoms with van der Waals surface area (Å²) in [7, 11) is -3.42. The number of nitrogens with zero attached hydrogens (tertiary/aromatic N) is 1. The van der Waals surface area contributed by atoms with E-state index in [1.165, 1.54) is 6.20 Å². The van der Waals surface area contributed by atoms with Gasteiger partial charge in [-0.05, 0) is 19.6 Å². The molecule has 0 saturated heterocycles. The highest BCUT2D eigenvalue weighted by Gasteiger charge is 2.15. The molecule has 7 heteroatoms. The smallest absolute Gasteiger partial charge is 0.257 e. The quantitative estimate of drug-likeness (QED) is 0.807. The molecule has 0 aliphatic heterocycles. The predicted molar refractivity (Wildman–Crippen MR) is 66.1 cm³/mol. The minimum atomic E-state index is -3.42.